The van der Waals surface area contributed by atoms with E-state index in [1.807, 2.05) is 0 Å². The van der Waals surface area contributed by atoms with Crippen LogP contribution in [0.1, 0.15) is 33.6 Å². The molecule has 0 radical (unpaired) electrons. The number of aliphatic hydroxyl groups is 1. The van der Waals surface area contributed by atoms with Crippen molar-refractivity contribution in [1.29, 1.82) is 0 Å². The standard InChI is InChI=1S/C9H18O/c1-6(2)8-4-5-9(10)7(8)3/h6-10H,4-5H2,1-3H3. The highest BCUT2D eigenvalue weighted by Gasteiger charge is 2.32. The summed E-state index contributed by atoms with van der Waals surface area (Å²) in [5.74, 6) is 2.03. The van der Waals surface area contributed by atoms with Crippen LogP contribution in [-0.4, -0.2) is 11.2 Å². The van der Waals surface area contributed by atoms with Crippen molar-refractivity contribution in [1.82, 2.24) is 0 Å². The highest BCUT2D eigenvalue weighted by Crippen LogP contribution is 2.36. The maximum Gasteiger partial charge on any atom is 0.0568 e. The van der Waals surface area contributed by atoms with Crippen LogP contribution in [0.4, 0.5) is 0 Å². The van der Waals surface area contributed by atoms with Crippen molar-refractivity contribution < 1.29 is 5.11 Å². The molecule has 60 valence electrons. The smallest absolute Gasteiger partial charge is 0.0568 e. The third-order valence-corrected chi connectivity index (χ3v) is 2.93. The quantitative estimate of drug-likeness (QED) is 0.594. The van der Waals surface area contributed by atoms with Crippen LogP contribution in [0.15, 0.2) is 0 Å². The molecule has 3 atom stereocenters. The van der Waals surface area contributed by atoms with E-state index in [1.165, 1.54) is 6.42 Å². The van der Waals surface area contributed by atoms with Gasteiger partial charge in [0.1, 0.15) is 0 Å². The Balaban J connectivity index is 2.49. The predicted octanol–water partition coefficient (Wildman–Crippen LogP) is 2.05. The molecular formula is C9H18O. The summed E-state index contributed by atoms with van der Waals surface area (Å²) in [5.41, 5.74) is 0. The van der Waals surface area contributed by atoms with Gasteiger partial charge in [-0.05, 0) is 30.6 Å². The summed E-state index contributed by atoms with van der Waals surface area (Å²) in [6.07, 6.45) is 2.22. The zero-order valence-electron chi connectivity index (χ0n) is 7.17. The lowest BCUT2D eigenvalue weighted by atomic mass is 9.87. The lowest BCUT2D eigenvalue weighted by Crippen LogP contribution is -2.18. The molecule has 0 aromatic rings. The van der Waals surface area contributed by atoms with Gasteiger partial charge in [-0.25, -0.2) is 0 Å². The molecule has 1 heteroatoms. The van der Waals surface area contributed by atoms with Crippen molar-refractivity contribution in [3.8, 4) is 0 Å². The van der Waals surface area contributed by atoms with Crippen molar-refractivity contribution in [3.05, 3.63) is 0 Å². The van der Waals surface area contributed by atoms with Crippen molar-refractivity contribution in [3.63, 3.8) is 0 Å². The molecule has 1 rings (SSSR count). The Hall–Kier alpha value is -0.0400. The Morgan fingerprint density at radius 2 is 1.90 bits per heavy atom. The van der Waals surface area contributed by atoms with Gasteiger partial charge in [0.2, 0.25) is 0 Å². The van der Waals surface area contributed by atoms with Crippen molar-refractivity contribution in [2.45, 2.75) is 39.7 Å². The Morgan fingerprint density at radius 3 is 2.10 bits per heavy atom. The van der Waals surface area contributed by atoms with Crippen LogP contribution < -0.4 is 0 Å². The fraction of sp³-hybridized carbons (Fsp3) is 1.00. The van der Waals surface area contributed by atoms with Gasteiger partial charge in [0.25, 0.3) is 0 Å². The molecule has 0 saturated heterocycles. The van der Waals surface area contributed by atoms with Gasteiger partial charge < -0.3 is 5.11 Å². The molecule has 1 aliphatic carbocycles. The van der Waals surface area contributed by atoms with E-state index in [0.29, 0.717) is 5.92 Å². The molecule has 1 fully saturated rings. The molecule has 0 bridgehead atoms. The first-order chi connectivity index (χ1) is 4.63. The van der Waals surface area contributed by atoms with Gasteiger partial charge in [-0.2, -0.15) is 0 Å². The largest absolute Gasteiger partial charge is 0.393 e. The van der Waals surface area contributed by atoms with Gasteiger partial charge in [0, 0.05) is 0 Å². The summed E-state index contributed by atoms with van der Waals surface area (Å²) < 4.78 is 0. The summed E-state index contributed by atoms with van der Waals surface area (Å²) in [7, 11) is 0. The molecule has 0 spiro atoms. The van der Waals surface area contributed by atoms with Gasteiger partial charge in [0.15, 0.2) is 0 Å². The SMILES string of the molecule is CC(C)C1CCC(O)C1C. The van der Waals surface area contributed by atoms with Crippen molar-refractivity contribution >= 4 is 0 Å². The Kier molecular flexibility index (Phi) is 2.35. The van der Waals surface area contributed by atoms with E-state index >= 15 is 0 Å². The minimum atomic E-state index is -0.0209. The summed E-state index contributed by atoms with van der Waals surface area (Å²) in [4.78, 5) is 0. The summed E-state index contributed by atoms with van der Waals surface area (Å²) in [6, 6.07) is 0. The van der Waals surface area contributed by atoms with E-state index < -0.39 is 0 Å². The normalized spacial score (nSPS) is 41.1. The first-order valence-electron chi connectivity index (χ1n) is 4.31. The lowest BCUT2D eigenvalue weighted by Gasteiger charge is -2.20. The number of rotatable bonds is 1. The third-order valence-electron chi connectivity index (χ3n) is 2.93. The molecule has 0 aliphatic heterocycles. The van der Waals surface area contributed by atoms with Gasteiger partial charge in [-0.15, -0.1) is 0 Å². The molecule has 0 heterocycles. The zero-order chi connectivity index (χ0) is 7.72. The summed E-state index contributed by atoms with van der Waals surface area (Å²) in [5, 5.41) is 9.42. The number of aliphatic hydroxyl groups excluding tert-OH is 1. The molecule has 10 heavy (non-hydrogen) atoms. The molecular weight excluding hydrogens is 124 g/mol. The Bertz CT molecular complexity index is 109. The third kappa shape index (κ3) is 1.34. The minimum Gasteiger partial charge on any atom is -0.393 e. The molecule has 1 saturated carbocycles. The topological polar surface area (TPSA) is 20.2 Å². The second kappa shape index (κ2) is 2.91. The molecule has 1 nitrogen and oxygen atoms in total. The first-order valence-corrected chi connectivity index (χ1v) is 4.31. The van der Waals surface area contributed by atoms with Crippen LogP contribution in [0, 0.1) is 17.8 Å². The van der Waals surface area contributed by atoms with Crippen LogP contribution in [-0.2, 0) is 0 Å². The van der Waals surface area contributed by atoms with Crippen LogP contribution in [0.2, 0.25) is 0 Å². The van der Waals surface area contributed by atoms with Crippen molar-refractivity contribution in [2.24, 2.45) is 17.8 Å². The molecule has 3 unspecified atom stereocenters. The highest BCUT2D eigenvalue weighted by atomic mass is 16.3. The van der Waals surface area contributed by atoms with Gasteiger partial charge in [-0.3, -0.25) is 0 Å². The molecule has 0 aromatic carbocycles. The van der Waals surface area contributed by atoms with E-state index in [9.17, 15) is 5.11 Å². The molecule has 1 aliphatic rings. The van der Waals surface area contributed by atoms with Crippen molar-refractivity contribution in [2.75, 3.05) is 0 Å². The van der Waals surface area contributed by atoms with Crippen LogP contribution in [0.3, 0.4) is 0 Å². The molecule has 0 aromatic heterocycles. The average molecular weight is 142 g/mol. The zero-order valence-corrected chi connectivity index (χ0v) is 7.17. The van der Waals surface area contributed by atoms with Crippen LogP contribution in [0.5, 0.6) is 0 Å². The van der Waals surface area contributed by atoms with Crippen LogP contribution in [0.25, 0.3) is 0 Å². The summed E-state index contributed by atoms with van der Waals surface area (Å²) in [6.45, 7) is 6.67. The van der Waals surface area contributed by atoms with Gasteiger partial charge in [-0.1, -0.05) is 20.8 Å². The minimum absolute atomic E-state index is 0.0209. The maximum atomic E-state index is 9.42. The average Bonchev–Trinajstić information content (AvgIpc) is 2.14. The molecule has 1 N–H and O–H groups in total. The van der Waals surface area contributed by atoms with E-state index in [4.69, 9.17) is 0 Å². The molecule has 0 amide bonds. The van der Waals surface area contributed by atoms with Gasteiger partial charge in [0.05, 0.1) is 6.10 Å². The Morgan fingerprint density at radius 1 is 1.30 bits per heavy atom. The van der Waals surface area contributed by atoms with E-state index in [-0.39, 0.29) is 6.10 Å². The predicted molar refractivity (Wildman–Crippen MR) is 42.7 cm³/mol. The fourth-order valence-corrected chi connectivity index (χ4v) is 2.11. The Labute approximate surface area is 63.4 Å². The van der Waals surface area contributed by atoms with Gasteiger partial charge >= 0.3 is 0 Å². The maximum absolute atomic E-state index is 9.42. The highest BCUT2D eigenvalue weighted by molar-refractivity contribution is 4.82. The summed E-state index contributed by atoms with van der Waals surface area (Å²) >= 11 is 0. The van der Waals surface area contributed by atoms with E-state index in [1.54, 1.807) is 0 Å². The number of hydrogen-bond donors (Lipinski definition) is 1. The van der Waals surface area contributed by atoms with E-state index in [2.05, 4.69) is 20.8 Å². The van der Waals surface area contributed by atoms with Crippen LogP contribution >= 0.6 is 0 Å². The second-order valence-electron chi connectivity index (χ2n) is 3.91. The fourth-order valence-electron chi connectivity index (χ4n) is 2.11. The van der Waals surface area contributed by atoms with E-state index in [0.717, 1.165) is 18.3 Å². The monoisotopic (exact) mass is 142 g/mol. The number of hydrogen-bond acceptors (Lipinski definition) is 1. The second-order valence-corrected chi connectivity index (χ2v) is 3.91. The first kappa shape index (κ1) is 8.06. The lowest BCUT2D eigenvalue weighted by molar-refractivity contribution is 0.118.